The Balaban J connectivity index is 1.25. The molecule has 6 rings (SSSR count). The summed E-state index contributed by atoms with van der Waals surface area (Å²) in [6, 6.07) is 3.75. The smallest absolute Gasteiger partial charge is 0.227 e. The Bertz CT molecular complexity index is 1370. The number of piperidine rings is 1. The molecule has 0 bridgehead atoms. The molecule has 3 aromatic rings. The van der Waals surface area contributed by atoms with E-state index in [2.05, 4.69) is 39.0 Å². The summed E-state index contributed by atoms with van der Waals surface area (Å²) in [6.07, 6.45) is 3.83. The zero-order chi connectivity index (χ0) is 27.5. The predicted octanol–water partition coefficient (Wildman–Crippen LogP) is 2.38. The van der Waals surface area contributed by atoms with E-state index in [0.717, 1.165) is 22.2 Å². The zero-order valence-corrected chi connectivity index (χ0v) is 22.7. The van der Waals surface area contributed by atoms with Gasteiger partial charge in [0.1, 0.15) is 23.1 Å². The molecule has 12 heteroatoms. The van der Waals surface area contributed by atoms with Gasteiger partial charge in [-0.15, -0.1) is 0 Å². The van der Waals surface area contributed by atoms with Gasteiger partial charge in [-0.2, -0.15) is 4.98 Å². The fourth-order valence-electron chi connectivity index (χ4n) is 5.79. The van der Waals surface area contributed by atoms with Crippen molar-refractivity contribution in [2.75, 3.05) is 54.9 Å². The molecule has 1 unspecified atom stereocenters. The van der Waals surface area contributed by atoms with Gasteiger partial charge >= 0.3 is 0 Å². The Hall–Kier alpha value is -3.19. The summed E-state index contributed by atoms with van der Waals surface area (Å²) >= 11 is 0. The largest absolute Gasteiger partial charge is 0.390 e. The molecular weight excluding hydrogens is 503 g/mol. The van der Waals surface area contributed by atoms with Gasteiger partial charge in [-0.05, 0) is 49.4 Å². The van der Waals surface area contributed by atoms with Gasteiger partial charge in [0.25, 0.3) is 0 Å². The van der Waals surface area contributed by atoms with Crippen LogP contribution in [0.1, 0.15) is 38.7 Å². The number of aliphatic hydroxyl groups excluding tert-OH is 2. The first-order valence-corrected chi connectivity index (χ1v) is 13.4. The minimum Gasteiger partial charge on any atom is -0.390 e. The summed E-state index contributed by atoms with van der Waals surface area (Å²) in [5.74, 6) is 2.67. The lowest BCUT2D eigenvalue weighted by molar-refractivity contribution is -0.176. The quantitative estimate of drug-likeness (QED) is 0.444. The van der Waals surface area contributed by atoms with Gasteiger partial charge in [-0.25, -0.2) is 19.3 Å². The van der Waals surface area contributed by atoms with Gasteiger partial charge < -0.3 is 30.1 Å². The lowest BCUT2D eigenvalue weighted by atomic mass is 9.92. The molecular formula is C27H35FN8O3. The van der Waals surface area contributed by atoms with Gasteiger partial charge in [-0.1, -0.05) is 13.8 Å². The topological polar surface area (TPSA) is 123 Å². The maximum atomic E-state index is 14.7. The van der Waals surface area contributed by atoms with Gasteiger partial charge in [0, 0.05) is 37.1 Å². The molecule has 3 aromatic heterocycles. The molecule has 3 aliphatic rings. The molecule has 3 aliphatic heterocycles. The number of hydrogen-bond donors (Lipinski definition) is 3. The molecule has 208 valence electrons. The fourth-order valence-corrected chi connectivity index (χ4v) is 5.79. The van der Waals surface area contributed by atoms with E-state index in [1.54, 1.807) is 22.1 Å². The van der Waals surface area contributed by atoms with Crippen LogP contribution < -0.4 is 15.1 Å². The molecule has 0 aliphatic carbocycles. The van der Waals surface area contributed by atoms with Crippen molar-refractivity contribution >= 4 is 34.2 Å². The number of fused-ring (bicyclic) bond motifs is 1. The van der Waals surface area contributed by atoms with Gasteiger partial charge in [0.15, 0.2) is 5.67 Å². The van der Waals surface area contributed by atoms with Crippen LogP contribution in [0, 0.1) is 0 Å². The fraction of sp³-hybridized carbons (Fsp3) is 0.556. The van der Waals surface area contributed by atoms with Crippen LogP contribution in [0.5, 0.6) is 0 Å². The minimum atomic E-state index is -1.72. The third-order valence-electron chi connectivity index (χ3n) is 7.98. The van der Waals surface area contributed by atoms with Crippen LogP contribution in [-0.4, -0.2) is 98.6 Å². The molecule has 3 atom stereocenters. The van der Waals surface area contributed by atoms with E-state index in [0.29, 0.717) is 50.2 Å². The minimum absolute atomic E-state index is 0.0252. The Morgan fingerprint density at radius 2 is 1.85 bits per heavy atom. The molecule has 39 heavy (non-hydrogen) atoms. The molecule has 3 fully saturated rings. The molecule has 0 saturated carbocycles. The van der Waals surface area contributed by atoms with Crippen LogP contribution in [0.2, 0.25) is 0 Å². The number of hydrogen-bond acceptors (Lipinski definition) is 11. The molecule has 3 N–H and O–H groups in total. The van der Waals surface area contributed by atoms with Crippen LogP contribution in [-0.2, 0) is 4.74 Å². The summed E-state index contributed by atoms with van der Waals surface area (Å²) in [6.45, 7) is 8.14. The van der Waals surface area contributed by atoms with Gasteiger partial charge in [0.05, 0.1) is 25.7 Å². The highest BCUT2D eigenvalue weighted by molar-refractivity contribution is 5.96. The van der Waals surface area contributed by atoms with Crippen LogP contribution >= 0.6 is 0 Å². The molecule has 6 heterocycles. The number of halogens is 1. The normalized spacial score (nSPS) is 27.0. The number of alkyl halides is 1. The van der Waals surface area contributed by atoms with Gasteiger partial charge in [0.2, 0.25) is 12.4 Å². The first kappa shape index (κ1) is 26.1. The summed E-state index contributed by atoms with van der Waals surface area (Å²) in [4.78, 5) is 24.1. The van der Waals surface area contributed by atoms with Crippen molar-refractivity contribution in [3.63, 3.8) is 0 Å². The van der Waals surface area contributed by atoms with E-state index in [-0.39, 0.29) is 18.1 Å². The van der Waals surface area contributed by atoms with E-state index in [1.165, 1.54) is 6.92 Å². The Morgan fingerprint density at radius 1 is 1.05 bits per heavy atom. The van der Waals surface area contributed by atoms with Crippen LogP contribution in [0.25, 0.3) is 10.8 Å². The third-order valence-corrected chi connectivity index (χ3v) is 7.98. The van der Waals surface area contributed by atoms with Gasteiger partial charge in [-0.3, -0.25) is 4.90 Å². The zero-order valence-electron chi connectivity index (χ0n) is 22.7. The Kier molecular flexibility index (Phi) is 6.33. The number of aliphatic hydroxyl groups is 2. The number of nitrogens with zero attached hydrogens (tertiary/aromatic N) is 7. The summed E-state index contributed by atoms with van der Waals surface area (Å²) in [5, 5.41) is 25.2. The number of ether oxygens (including phenoxy) is 1. The van der Waals surface area contributed by atoms with Crippen molar-refractivity contribution in [3.05, 3.63) is 36.3 Å². The maximum Gasteiger partial charge on any atom is 0.227 e. The highest BCUT2D eigenvalue weighted by atomic mass is 19.1. The molecule has 0 radical (unpaired) electrons. The predicted molar refractivity (Wildman–Crippen MR) is 146 cm³/mol. The first-order chi connectivity index (χ1) is 18.5. The van der Waals surface area contributed by atoms with Crippen LogP contribution in [0.3, 0.4) is 0 Å². The molecule has 3 saturated heterocycles. The average molecular weight is 539 g/mol. The maximum absolute atomic E-state index is 14.7. The standard InChI is InChI=1S/C27H35FN8O3/c1-16(2)18-10-31-23(36-14-27(15-36)13-34(4)25(38)39-27)19-11-30-22(9-17(18)19)32-21-5-7-29-24(33-21)35-8-6-20(37)26(3,28)12-35/h5,7,9-11,16,20,25,37-38H,6,8,12-15H2,1-4H3,(H,29,30,32,33)/t20-,25?,26+/m1/s1. The van der Waals surface area contributed by atoms with Crippen LogP contribution in [0.4, 0.5) is 27.8 Å². The summed E-state index contributed by atoms with van der Waals surface area (Å²) in [5.41, 5.74) is -0.997. The number of aromatic nitrogens is 4. The second-order valence-corrected chi connectivity index (χ2v) is 11.6. The van der Waals surface area contributed by atoms with E-state index in [9.17, 15) is 14.6 Å². The molecule has 0 aromatic carbocycles. The van der Waals surface area contributed by atoms with E-state index < -0.39 is 18.2 Å². The summed E-state index contributed by atoms with van der Waals surface area (Å²) < 4.78 is 20.6. The van der Waals surface area contributed by atoms with Crippen molar-refractivity contribution in [1.82, 2.24) is 24.8 Å². The molecule has 1 spiro atoms. The molecule has 11 nitrogen and oxygen atoms in total. The second-order valence-electron chi connectivity index (χ2n) is 11.6. The monoisotopic (exact) mass is 538 g/mol. The number of pyridine rings is 2. The highest BCUT2D eigenvalue weighted by Gasteiger charge is 2.52. The SMILES string of the molecule is CC(C)c1cnc(N2CC3(C2)CN(C)C(O)O3)c2cnc(Nc3ccnc(N4CC[C@@H](O)[C@@](C)(F)C4)n3)cc12. The number of rotatable bonds is 5. The number of likely N-dealkylation sites (N-methyl/N-ethyl adjacent to an activating group) is 1. The van der Waals surface area contributed by atoms with Crippen molar-refractivity contribution in [2.45, 2.75) is 56.9 Å². The van der Waals surface area contributed by atoms with Crippen molar-refractivity contribution in [1.29, 1.82) is 0 Å². The highest BCUT2D eigenvalue weighted by Crippen LogP contribution is 2.39. The second kappa shape index (κ2) is 9.47. The first-order valence-electron chi connectivity index (χ1n) is 13.4. The lowest BCUT2D eigenvalue weighted by Gasteiger charge is -2.47. The molecule has 0 amide bonds. The Morgan fingerprint density at radius 3 is 2.54 bits per heavy atom. The number of anilines is 4. The lowest BCUT2D eigenvalue weighted by Crippen LogP contribution is -2.64. The number of nitrogens with one attached hydrogen (secondary N) is 1. The van der Waals surface area contributed by atoms with Crippen molar-refractivity contribution in [2.24, 2.45) is 0 Å². The Labute approximate surface area is 226 Å². The van der Waals surface area contributed by atoms with E-state index >= 15 is 0 Å². The van der Waals surface area contributed by atoms with Crippen molar-refractivity contribution in [3.8, 4) is 0 Å². The van der Waals surface area contributed by atoms with E-state index in [4.69, 9.17) is 9.72 Å². The third kappa shape index (κ3) is 4.75. The average Bonchev–Trinajstić information content (AvgIpc) is 3.18. The summed E-state index contributed by atoms with van der Waals surface area (Å²) in [7, 11) is 1.85. The van der Waals surface area contributed by atoms with Crippen LogP contribution in [0.15, 0.2) is 30.7 Å². The van der Waals surface area contributed by atoms with E-state index in [1.807, 2.05) is 25.5 Å². The van der Waals surface area contributed by atoms with Crippen molar-refractivity contribution < 1.29 is 19.3 Å².